The second-order valence-electron chi connectivity index (χ2n) is 3.95. The lowest BCUT2D eigenvalue weighted by Gasteiger charge is -2.07. The van der Waals surface area contributed by atoms with Gasteiger partial charge >= 0.3 is 5.97 Å². The van der Waals surface area contributed by atoms with E-state index in [4.69, 9.17) is 4.74 Å². The topological polar surface area (TPSA) is 26.3 Å². The molecular weight excluding hydrogens is 280 g/mol. The lowest BCUT2D eigenvalue weighted by atomic mass is 9.93. The Hall–Kier alpha value is -1.61. The molecular formula is C14H9BrO2. The number of halogens is 1. The largest absolute Gasteiger partial charge is 0.425 e. The van der Waals surface area contributed by atoms with Crippen LogP contribution in [0.15, 0.2) is 53.0 Å². The number of esters is 1. The van der Waals surface area contributed by atoms with Gasteiger partial charge in [-0.3, -0.25) is 4.79 Å². The van der Waals surface area contributed by atoms with E-state index < -0.39 is 0 Å². The highest BCUT2D eigenvalue weighted by Crippen LogP contribution is 2.40. The quantitative estimate of drug-likeness (QED) is 0.593. The van der Waals surface area contributed by atoms with Gasteiger partial charge in [0.2, 0.25) is 0 Å². The normalized spacial score (nSPS) is 17.7. The lowest BCUT2D eigenvalue weighted by molar-refractivity contribution is -0.133. The van der Waals surface area contributed by atoms with Gasteiger partial charge in [-0.15, -0.1) is 0 Å². The maximum absolute atomic E-state index is 11.9. The van der Waals surface area contributed by atoms with Crippen LogP contribution in [0.4, 0.5) is 0 Å². The molecule has 1 aliphatic rings. The minimum absolute atomic E-state index is 0.204. The number of carbonyl (C=O) groups is 1. The molecule has 0 bridgehead atoms. The zero-order chi connectivity index (χ0) is 11.8. The van der Waals surface area contributed by atoms with Crippen molar-refractivity contribution in [3.05, 3.63) is 64.1 Å². The van der Waals surface area contributed by atoms with E-state index in [-0.39, 0.29) is 11.9 Å². The van der Waals surface area contributed by atoms with Crippen LogP contribution in [0.25, 0.3) is 0 Å². The second-order valence-corrected chi connectivity index (χ2v) is 4.86. The van der Waals surface area contributed by atoms with Crippen molar-refractivity contribution in [1.82, 2.24) is 0 Å². The van der Waals surface area contributed by atoms with Crippen LogP contribution in [-0.2, 0) is 4.79 Å². The standard InChI is InChI=1S/C14H9BrO2/c15-10-6-7-12-11(8-10)13(14(16)17-12)9-4-2-1-3-5-9/h1-8,13H. The molecule has 0 spiro atoms. The summed E-state index contributed by atoms with van der Waals surface area (Å²) in [6.07, 6.45) is 0. The molecule has 1 heterocycles. The number of benzene rings is 2. The Morgan fingerprint density at radius 2 is 1.82 bits per heavy atom. The Morgan fingerprint density at radius 3 is 2.59 bits per heavy atom. The van der Waals surface area contributed by atoms with Gasteiger partial charge in [-0.25, -0.2) is 0 Å². The number of hydrogen-bond acceptors (Lipinski definition) is 2. The summed E-state index contributed by atoms with van der Waals surface area (Å²) in [4.78, 5) is 11.9. The third-order valence-electron chi connectivity index (χ3n) is 2.86. The molecule has 3 heteroatoms. The van der Waals surface area contributed by atoms with Crippen LogP contribution in [0.3, 0.4) is 0 Å². The van der Waals surface area contributed by atoms with Gasteiger partial charge in [-0.05, 0) is 23.8 Å². The first kappa shape index (κ1) is 10.5. The van der Waals surface area contributed by atoms with Crippen molar-refractivity contribution in [2.24, 2.45) is 0 Å². The molecule has 1 aliphatic heterocycles. The average molecular weight is 289 g/mol. The Balaban J connectivity index is 2.14. The smallest absolute Gasteiger partial charge is 0.323 e. The van der Waals surface area contributed by atoms with Crippen LogP contribution >= 0.6 is 15.9 Å². The lowest BCUT2D eigenvalue weighted by Crippen LogP contribution is -2.11. The Labute approximate surface area is 107 Å². The summed E-state index contributed by atoms with van der Waals surface area (Å²) in [5.74, 6) is 0.153. The fourth-order valence-electron chi connectivity index (χ4n) is 2.09. The van der Waals surface area contributed by atoms with Crippen LogP contribution in [0.5, 0.6) is 5.75 Å². The fourth-order valence-corrected chi connectivity index (χ4v) is 2.47. The van der Waals surface area contributed by atoms with Gasteiger partial charge in [-0.2, -0.15) is 0 Å². The summed E-state index contributed by atoms with van der Waals surface area (Å²) in [5.41, 5.74) is 1.89. The second kappa shape index (κ2) is 4.00. The molecule has 2 nitrogen and oxygen atoms in total. The first-order valence-corrected chi connectivity index (χ1v) is 6.11. The van der Waals surface area contributed by atoms with Gasteiger partial charge < -0.3 is 4.74 Å². The zero-order valence-electron chi connectivity index (χ0n) is 8.89. The summed E-state index contributed by atoms with van der Waals surface area (Å²) in [6, 6.07) is 15.3. The fraction of sp³-hybridized carbons (Fsp3) is 0.0714. The molecule has 3 rings (SSSR count). The summed E-state index contributed by atoms with van der Waals surface area (Å²) in [7, 11) is 0. The highest BCUT2D eigenvalue weighted by molar-refractivity contribution is 9.10. The van der Waals surface area contributed by atoms with E-state index in [1.165, 1.54) is 0 Å². The van der Waals surface area contributed by atoms with E-state index >= 15 is 0 Å². The van der Waals surface area contributed by atoms with E-state index in [2.05, 4.69) is 15.9 Å². The van der Waals surface area contributed by atoms with Crippen molar-refractivity contribution < 1.29 is 9.53 Å². The monoisotopic (exact) mass is 288 g/mol. The highest BCUT2D eigenvalue weighted by Gasteiger charge is 2.34. The maximum Gasteiger partial charge on any atom is 0.323 e. The Bertz CT molecular complexity index is 578. The molecule has 0 saturated heterocycles. The molecule has 1 unspecified atom stereocenters. The molecule has 1 atom stereocenters. The third kappa shape index (κ3) is 1.76. The predicted octanol–water partition coefficient (Wildman–Crippen LogP) is 3.50. The van der Waals surface area contributed by atoms with Gasteiger partial charge in [0, 0.05) is 10.0 Å². The molecule has 0 saturated carbocycles. The van der Waals surface area contributed by atoms with Crippen molar-refractivity contribution in [3.63, 3.8) is 0 Å². The van der Waals surface area contributed by atoms with Crippen LogP contribution in [0.2, 0.25) is 0 Å². The third-order valence-corrected chi connectivity index (χ3v) is 3.36. The molecule has 2 aromatic rings. The van der Waals surface area contributed by atoms with Crippen molar-refractivity contribution in [1.29, 1.82) is 0 Å². The molecule has 0 fully saturated rings. The van der Waals surface area contributed by atoms with Crippen LogP contribution in [0, 0.1) is 0 Å². The molecule has 84 valence electrons. The Kier molecular flexibility index (Phi) is 2.48. The van der Waals surface area contributed by atoms with E-state index in [0.29, 0.717) is 5.75 Å². The van der Waals surface area contributed by atoms with Crippen molar-refractivity contribution >= 4 is 21.9 Å². The van der Waals surface area contributed by atoms with Gasteiger partial charge in [0.1, 0.15) is 11.7 Å². The molecule has 0 N–H and O–H groups in total. The number of rotatable bonds is 1. The summed E-state index contributed by atoms with van der Waals surface area (Å²) < 4.78 is 6.22. The molecule has 0 amide bonds. The van der Waals surface area contributed by atoms with Gasteiger partial charge in [0.25, 0.3) is 0 Å². The van der Waals surface area contributed by atoms with Gasteiger partial charge in [0.15, 0.2) is 0 Å². The minimum atomic E-state index is -0.302. The van der Waals surface area contributed by atoms with Crippen LogP contribution in [-0.4, -0.2) is 5.97 Å². The molecule has 0 aliphatic carbocycles. The summed E-state index contributed by atoms with van der Waals surface area (Å²) in [5, 5.41) is 0. The molecule has 0 aromatic heterocycles. The summed E-state index contributed by atoms with van der Waals surface area (Å²) in [6.45, 7) is 0. The van der Waals surface area contributed by atoms with E-state index in [9.17, 15) is 4.79 Å². The van der Waals surface area contributed by atoms with E-state index in [1.54, 1.807) is 0 Å². The van der Waals surface area contributed by atoms with E-state index in [1.807, 2.05) is 48.5 Å². The first-order valence-electron chi connectivity index (χ1n) is 5.32. The highest BCUT2D eigenvalue weighted by atomic mass is 79.9. The molecule has 17 heavy (non-hydrogen) atoms. The Morgan fingerprint density at radius 1 is 1.06 bits per heavy atom. The minimum Gasteiger partial charge on any atom is -0.425 e. The van der Waals surface area contributed by atoms with Crippen molar-refractivity contribution in [2.75, 3.05) is 0 Å². The average Bonchev–Trinajstić information content (AvgIpc) is 2.65. The van der Waals surface area contributed by atoms with E-state index in [0.717, 1.165) is 15.6 Å². The first-order chi connectivity index (χ1) is 8.25. The number of ether oxygens (including phenoxy) is 1. The number of fused-ring (bicyclic) bond motifs is 1. The summed E-state index contributed by atoms with van der Waals surface area (Å²) >= 11 is 3.42. The molecule has 2 aromatic carbocycles. The maximum atomic E-state index is 11.9. The van der Waals surface area contributed by atoms with Gasteiger partial charge in [-0.1, -0.05) is 46.3 Å². The number of carbonyl (C=O) groups excluding carboxylic acids is 1. The zero-order valence-corrected chi connectivity index (χ0v) is 10.5. The van der Waals surface area contributed by atoms with Crippen molar-refractivity contribution in [2.45, 2.75) is 5.92 Å². The van der Waals surface area contributed by atoms with Crippen molar-refractivity contribution in [3.8, 4) is 5.75 Å². The van der Waals surface area contributed by atoms with Crippen LogP contribution in [0.1, 0.15) is 17.0 Å². The SMILES string of the molecule is O=C1Oc2ccc(Br)cc2C1c1ccccc1. The molecule has 0 radical (unpaired) electrons. The predicted molar refractivity (Wildman–Crippen MR) is 68.1 cm³/mol. The van der Waals surface area contributed by atoms with Crippen LogP contribution < -0.4 is 4.74 Å². The van der Waals surface area contributed by atoms with Gasteiger partial charge in [0.05, 0.1) is 0 Å². The number of hydrogen-bond donors (Lipinski definition) is 0.